The van der Waals surface area contributed by atoms with E-state index in [-0.39, 0.29) is 0 Å². The van der Waals surface area contributed by atoms with E-state index in [1.54, 1.807) is 11.3 Å². The lowest BCUT2D eigenvalue weighted by molar-refractivity contribution is 0.164. The van der Waals surface area contributed by atoms with Crippen molar-refractivity contribution < 1.29 is 0 Å². The summed E-state index contributed by atoms with van der Waals surface area (Å²) < 4.78 is 0. The molecule has 3 nitrogen and oxygen atoms in total. The molecule has 0 aliphatic carbocycles. The van der Waals surface area contributed by atoms with Gasteiger partial charge in [0.05, 0.1) is 10.7 Å². The molecule has 1 unspecified atom stereocenters. The van der Waals surface area contributed by atoms with Gasteiger partial charge in [0.15, 0.2) is 0 Å². The topological polar surface area (TPSA) is 28.2 Å². The van der Waals surface area contributed by atoms with Gasteiger partial charge < -0.3 is 5.32 Å². The molecule has 0 bridgehead atoms. The van der Waals surface area contributed by atoms with E-state index >= 15 is 0 Å². The van der Waals surface area contributed by atoms with Gasteiger partial charge in [0.25, 0.3) is 0 Å². The molecule has 90 valence electrons. The first-order valence-corrected chi connectivity index (χ1v) is 6.94. The lowest BCUT2D eigenvalue weighted by Crippen LogP contribution is -2.49. The highest BCUT2D eigenvalue weighted by molar-refractivity contribution is 7.09. The first-order chi connectivity index (χ1) is 7.66. The lowest BCUT2D eigenvalue weighted by Gasteiger charge is -2.33. The summed E-state index contributed by atoms with van der Waals surface area (Å²) in [7, 11) is 0. The summed E-state index contributed by atoms with van der Waals surface area (Å²) in [6, 6.07) is 0.623. The zero-order chi connectivity index (χ0) is 11.5. The molecule has 1 fully saturated rings. The fourth-order valence-corrected chi connectivity index (χ4v) is 2.81. The second kappa shape index (κ2) is 5.25. The fourth-order valence-electron chi connectivity index (χ4n) is 1.99. The van der Waals surface area contributed by atoms with E-state index in [2.05, 4.69) is 36.4 Å². The van der Waals surface area contributed by atoms with Gasteiger partial charge in [0, 0.05) is 43.5 Å². The van der Waals surface area contributed by atoms with Crippen molar-refractivity contribution in [2.45, 2.75) is 39.3 Å². The van der Waals surface area contributed by atoms with Gasteiger partial charge in [-0.15, -0.1) is 11.3 Å². The van der Waals surface area contributed by atoms with Crippen LogP contribution < -0.4 is 5.32 Å². The van der Waals surface area contributed by atoms with Crippen LogP contribution in [0.25, 0.3) is 0 Å². The second-order valence-corrected chi connectivity index (χ2v) is 5.75. The molecule has 1 atom stereocenters. The summed E-state index contributed by atoms with van der Waals surface area (Å²) in [6.07, 6.45) is 0. The minimum atomic E-state index is 0.555. The molecule has 2 heterocycles. The van der Waals surface area contributed by atoms with Crippen molar-refractivity contribution in [3.63, 3.8) is 0 Å². The van der Waals surface area contributed by atoms with Crippen LogP contribution >= 0.6 is 11.3 Å². The van der Waals surface area contributed by atoms with Gasteiger partial charge in [-0.3, -0.25) is 4.90 Å². The Kier molecular flexibility index (Phi) is 3.95. The Morgan fingerprint density at radius 3 is 3.06 bits per heavy atom. The summed E-state index contributed by atoms with van der Waals surface area (Å²) in [5.74, 6) is 0.555. The highest BCUT2D eigenvalue weighted by atomic mass is 32.1. The van der Waals surface area contributed by atoms with Crippen molar-refractivity contribution >= 4 is 11.3 Å². The van der Waals surface area contributed by atoms with Crippen LogP contribution in [0, 0.1) is 0 Å². The third-order valence-electron chi connectivity index (χ3n) is 3.07. The molecule has 0 saturated carbocycles. The summed E-state index contributed by atoms with van der Waals surface area (Å²) in [5, 5.41) is 6.89. The molecule has 0 spiro atoms. The number of nitrogens with one attached hydrogen (secondary N) is 1. The van der Waals surface area contributed by atoms with Gasteiger partial charge >= 0.3 is 0 Å². The van der Waals surface area contributed by atoms with Gasteiger partial charge in [-0.05, 0) is 6.92 Å². The van der Waals surface area contributed by atoms with Crippen molar-refractivity contribution in [2.75, 3.05) is 19.6 Å². The summed E-state index contributed by atoms with van der Waals surface area (Å²) in [4.78, 5) is 7.20. The van der Waals surface area contributed by atoms with E-state index in [1.807, 2.05) is 0 Å². The van der Waals surface area contributed by atoms with E-state index in [0.29, 0.717) is 12.0 Å². The molecule has 1 saturated heterocycles. The predicted octanol–water partition coefficient (Wildman–Crippen LogP) is 2.06. The Labute approximate surface area is 102 Å². The number of hydrogen-bond donors (Lipinski definition) is 1. The minimum Gasteiger partial charge on any atom is -0.314 e. The summed E-state index contributed by atoms with van der Waals surface area (Å²) in [6.45, 7) is 11.0. The molecule has 1 aliphatic heterocycles. The van der Waals surface area contributed by atoms with Gasteiger partial charge in [-0.25, -0.2) is 4.98 Å². The molecule has 0 aromatic carbocycles. The largest absolute Gasteiger partial charge is 0.314 e. The van der Waals surface area contributed by atoms with E-state index in [9.17, 15) is 0 Å². The Balaban J connectivity index is 1.97. The standard InChI is InChI=1S/C12H21N3S/c1-9(2)12-14-11(8-16-12)7-15-5-4-13-6-10(15)3/h8-10,13H,4-7H2,1-3H3. The van der Waals surface area contributed by atoms with Crippen LogP contribution in [0.2, 0.25) is 0 Å². The average Bonchev–Trinajstić information content (AvgIpc) is 2.70. The molecule has 0 radical (unpaired) electrons. The first kappa shape index (κ1) is 12.0. The molecule has 0 amide bonds. The van der Waals surface area contributed by atoms with Gasteiger partial charge in [-0.1, -0.05) is 13.8 Å². The van der Waals surface area contributed by atoms with E-state index in [0.717, 1.165) is 26.2 Å². The van der Waals surface area contributed by atoms with Crippen molar-refractivity contribution in [1.29, 1.82) is 0 Å². The highest BCUT2D eigenvalue weighted by Gasteiger charge is 2.18. The van der Waals surface area contributed by atoms with Gasteiger partial charge in [-0.2, -0.15) is 0 Å². The van der Waals surface area contributed by atoms with Crippen molar-refractivity contribution in [1.82, 2.24) is 15.2 Å². The van der Waals surface area contributed by atoms with Gasteiger partial charge in [0.1, 0.15) is 0 Å². The van der Waals surface area contributed by atoms with Crippen LogP contribution in [0.5, 0.6) is 0 Å². The second-order valence-electron chi connectivity index (χ2n) is 4.86. The van der Waals surface area contributed by atoms with Gasteiger partial charge in [0.2, 0.25) is 0 Å². The first-order valence-electron chi connectivity index (χ1n) is 6.06. The smallest absolute Gasteiger partial charge is 0.0954 e. The number of aromatic nitrogens is 1. The molecule has 2 rings (SSSR count). The molecule has 1 N–H and O–H groups in total. The SMILES string of the molecule is CC(C)c1nc(CN2CCNCC2C)cs1. The van der Waals surface area contributed by atoms with Crippen LogP contribution in [0.1, 0.15) is 37.4 Å². The van der Waals surface area contributed by atoms with Crippen LogP contribution in [0.15, 0.2) is 5.38 Å². The maximum Gasteiger partial charge on any atom is 0.0954 e. The normalized spacial score (nSPS) is 22.9. The number of piperazine rings is 1. The van der Waals surface area contributed by atoms with E-state index in [1.165, 1.54) is 10.7 Å². The zero-order valence-electron chi connectivity index (χ0n) is 10.4. The Morgan fingerprint density at radius 1 is 1.62 bits per heavy atom. The number of hydrogen-bond acceptors (Lipinski definition) is 4. The van der Waals surface area contributed by atoms with Crippen LogP contribution in [-0.2, 0) is 6.54 Å². The third-order valence-corrected chi connectivity index (χ3v) is 4.26. The number of thiazole rings is 1. The minimum absolute atomic E-state index is 0.555. The number of rotatable bonds is 3. The molecule has 1 aromatic rings. The van der Waals surface area contributed by atoms with Crippen LogP contribution in [0.3, 0.4) is 0 Å². The Morgan fingerprint density at radius 2 is 2.44 bits per heavy atom. The third kappa shape index (κ3) is 2.81. The average molecular weight is 239 g/mol. The monoisotopic (exact) mass is 239 g/mol. The molecular formula is C12H21N3S. The molecule has 1 aliphatic rings. The number of nitrogens with zero attached hydrogens (tertiary/aromatic N) is 2. The lowest BCUT2D eigenvalue weighted by atomic mass is 10.2. The predicted molar refractivity (Wildman–Crippen MR) is 68.9 cm³/mol. The van der Waals surface area contributed by atoms with Crippen molar-refractivity contribution in [3.8, 4) is 0 Å². The molecule has 4 heteroatoms. The zero-order valence-corrected chi connectivity index (χ0v) is 11.2. The van der Waals surface area contributed by atoms with E-state index in [4.69, 9.17) is 4.98 Å². The Bertz CT molecular complexity index is 335. The quantitative estimate of drug-likeness (QED) is 0.875. The van der Waals surface area contributed by atoms with E-state index < -0.39 is 0 Å². The maximum absolute atomic E-state index is 4.69. The summed E-state index contributed by atoms with van der Waals surface area (Å²) in [5.41, 5.74) is 1.24. The molecular weight excluding hydrogens is 218 g/mol. The molecule has 16 heavy (non-hydrogen) atoms. The summed E-state index contributed by atoms with van der Waals surface area (Å²) >= 11 is 1.79. The maximum atomic E-state index is 4.69. The van der Waals surface area contributed by atoms with Crippen molar-refractivity contribution in [3.05, 3.63) is 16.1 Å². The molecule has 1 aromatic heterocycles. The Hall–Kier alpha value is -0.450. The highest BCUT2D eigenvalue weighted by Crippen LogP contribution is 2.20. The van der Waals surface area contributed by atoms with Crippen molar-refractivity contribution in [2.24, 2.45) is 0 Å². The van der Waals surface area contributed by atoms with Crippen LogP contribution in [0.4, 0.5) is 0 Å². The fraction of sp³-hybridized carbons (Fsp3) is 0.750. The van der Waals surface area contributed by atoms with Crippen LogP contribution in [-0.4, -0.2) is 35.6 Å².